The molecule has 0 aliphatic carbocycles. The Labute approximate surface area is 179 Å². The first kappa shape index (κ1) is 19.4. The van der Waals surface area contributed by atoms with Crippen molar-refractivity contribution in [1.29, 1.82) is 0 Å². The number of hydrogen-bond donors (Lipinski definition) is 1. The Balaban J connectivity index is 1.42. The van der Waals surface area contributed by atoms with Crippen LogP contribution in [0.1, 0.15) is 12.5 Å². The molecule has 0 spiro atoms. The first-order valence-corrected chi connectivity index (χ1v) is 11.6. The molecule has 2 amide bonds. The molecule has 144 valence electrons. The van der Waals surface area contributed by atoms with E-state index >= 15 is 0 Å². The van der Waals surface area contributed by atoms with Crippen LogP contribution in [0.15, 0.2) is 46.8 Å². The summed E-state index contributed by atoms with van der Waals surface area (Å²) in [5.74, 6) is 0.377. The molecule has 0 radical (unpaired) electrons. The maximum Gasteiger partial charge on any atom is 0.237 e. The van der Waals surface area contributed by atoms with Crippen molar-refractivity contribution in [2.75, 3.05) is 22.5 Å². The molecule has 2 aromatic carbocycles. The molecule has 5 nitrogen and oxygen atoms in total. The molecule has 2 heterocycles. The first-order valence-electron chi connectivity index (χ1n) is 8.88. The second kappa shape index (κ2) is 8.23. The van der Waals surface area contributed by atoms with Gasteiger partial charge in [0.2, 0.25) is 11.8 Å². The molecular formula is C20H18BrN3O2S2. The van der Waals surface area contributed by atoms with Gasteiger partial charge in [-0.25, -0.2) is 4.98 Å². The fourth-order valence-electron chi connectivity index (χ4n) is 3.08. The monoisotopic (exact) mass is 475 g/mol. The number of thiazole rings is 1. The number of thioether (sulfide) groups is 1. The molecule has 1 atom stereocenters. The van der Waals surface area contributed by atoms with E-state index in [9.17, 15) is 9.59 Å². The molecule has 0 saturated carbocycles. The van der Waals surface area contributed by atoms with Crippen molar-refractivity contribution in [3.05, 3.63) is 48.0 Å². The van der Waals surface area contributed by atoms with Crippen LogP contribution < -0.4 is 10.2 Å². The summed E-state index contributed by atoms with van der Waals surface area (Å²) in [5.41, 5.74) is 3.87. The highest BCUT2D eigenvalue weighted by Crippen LogP contribution is 2.33. The minimum Gasteiger partial charge on any atom is -0.325 e. The first-order chi connectivity index (χ1) is 13.5. The summed E-state index contributed by atoms with van der Waals surface area (Å²) < 4.78 is 1.84. The van der Waals surface area contributed by atoms with E-state index in [1.807, 2.05) is 41.3 Å². The van der Waals surface area contributed by atoms with Gasteiger partial charge >= 0.3 is 0 Å². The number of hydrogen-bond acceptors (Lipinski definition) is 5. The normalized spacial score (nSPS) is 14.1. The van der Waals surface area contributed by atoms with Crippen LogP contribution in [0.4, 0.5) is 11.4 Å². The number of anilines is 2. The zero-order valence-corrected chi connectivity index (χ0v) is 18.4. The minimum absolute atomic E-state index is 0.0880. The van der Waals surface area contributed by atoms with Crippen molar-refractivity contribution < 1.29 is 9.59 Å². The topological polar surface area (TPSA) is 62.3 Å². The van der Waals surface area contributed by atoms with Gasteiger partial charge in [-0.1, -0.05) is 45.9 Å². The van der Waals surface area contributed by atoms with E-state index in [-0.39, 0.29) is 16.6 Å². The van der Waals surface area contributed by atoms with Crippen LogP contribution in [0.2, 0.25) is 0 Å². The van der Waals surface area contributed by atoms with Crippen molar-refractivity contribution >= 4 is 72.4 Å². The van der Waals surface area contributed by atoms with E-state index in [0.29, 0.717) is 5.75 Å². The highest BCUT2D eigenvalue weighted by Gasteiger charge is 2.24. The molecule has 3 aromatic rings. The fraction of sp³-hybridized carbons (Fsp3) is 0.250. The number of para-hydroxylation sites is 1. The number of carbonyl (C=O) groups is 2. The van der Waals surface area contributed by atoms with Crippen LogP contribution in [0.5, 0.6) is 0 Å². The third kappa shape index (κ3) is 4.09. The van der Waals surface area contributed by atoms with E-state index in [0.717, 1.165) is 38.9 Å². The molecule has 0 saturated heterocycles. The number of nitrogens with zero attached hydrogens (tertiary/aromatic N) is 2. The van der Waals surface area contributed by atoms with Gasteiger partial charge in [0.25, 0.3) is 0 Å². The molecular weight excluding hydrogens is 458 g/mol. The number of aromatic nitrogens is 1. The maximum absolute atomic E-state index is 12.7. The third-order valence-corrected chi connectivity index (χ3v) is 7.07. The molecule has 1 aliphatic rings. The van der Waals surface area contributed by atoms with Crippen molar-refractivity contribution in [2.45, 2.75) is 22.5 Å². The Morgan fingerprint density at radius 2 is 2.14 bits per heavy atom. The molecule has 1 aromatic heterocycles. The summed E-state index contributed by atoms with van der Waals surface area (Å²) in [7, 11) is 0. The second-order valence-corrected chi connectivity index (χ2v) is 10.1. The van der Waals surface area contributed by atoms with Crippen LogP contribution >= 0.6 is 39.0 Å². The Morgan fingerprint density at radius 3 is 2.96 bits per heavy atom. The number of rotatable bonds is 5. The average molecular weight is 476 g/mol. The smallest absolute Gasteiger partial charge is 0.237 e. The Bertz CT molecular complexity index is 1050. The van der Waals surface area contributed by atoms with Crippen LogP contribution in [-0.2, 0) is 16.0 Å². The molecule has 0 fully saturated rings. The Hall–Kier alpha value is -1.90. The van der Waals surface area contributed by atoms with Crippen molar-refractivity contribution in [1.82, 2.24) is 4.98 Å². The summed E-state index contributed by atoms with van der Waals surface area (Å²) in [6.45, 7) is 2.53. The summed E-state index contributed by atoms with van der Waals surface area (Å²) in [6.07, 6.45) is 0.912. The van der Waals surface area contributed by atoms with Gasteiger partial charge in [0.15, 0.2) is 4.34 Å². The van der Waals surface area contributed by atoms with Crippen LogP contribution in [0.25, 0.3) is 10.2 Å². The van der Waals surface area contributed by atoms with Crippen LogP contribution in [-0.4, -0.2) is 33.9 Å². The summed E-state index contributed by atoms with van der Waals surface area (Å²) in [4.78, 5) is 30.7. The Morgan fingerprint density at radius 1 is 1.32 bits per heavy atom. The third-order valence-electron chi connectivity index (χ3n) is 4.50. The highest BCUT2D eigenvalue weighted by atomic mass is 79.9. The van der Waals surface area contributed by atoms with Gasteiger partial charge in [0, 0.05) is 17.9 Å². The lowest BCUT2D eigenvalue weighted by atomic mass is 10.2. The number of fused-ring (bicyclic) bond motifs is 2. The molecule has 8 heteroatoms. The zero-order chi connectivity index (χ0) is 19.7. The van der Waals surface area contributed by atoms with Gasteiger partial charge in [0.05, 0.1) is 20.8 Å². The maximum atomic E-state index is 12.7. The lowest BCUT2D eigenvalue weighted by Gasteiger charge is -2.16. The van der Waals surface area contributed by atoms with Gasteiger partial charge in [0.1, 0.15) is 0 Å². The van der Waals surface area contributed by atoms with Gasteiger partial charge < -0.3 is 10.2 Å². The molecule has 0 unspecified atom stereocenters. The predicted molar refractivity (Wildman–Crippen MR) is 120 cm³/mol. The number of nitrogens with one attached hydrogen (secondary N) is 1. The lowest BCUT2D eigenvalue weighted by Crippen LogP contribution is -2.30. The summed E-state index contributed by atoms with van der Waals surface area (Å²) >= 11 is 6.26. The fourth-order valence-corrected chi connectivity index (χ4v) is 5.18. The molecule has 1 aliphatic heterocycles. The van der Waals surface area contributed by atoms with Crippen molar-refractivity contribution in [3.63, 3.8) is 0 Å². The minimum atomic E-state index is -0.252. The Kier molecular flexibility index (Phi) is 5.70. The van der Waals surface area contributed by atoms with Crippen LogP contribution in [0, 0.1) is 0 Å². The molecule has 1 N–H and O–H groups in total. The van der Waals surface area contributed by atoms with Gasteiger partial charge in [-0.05, 0) is 43.2 Å². The van der Waals surface area contributed by atoms with Gasteiger partial charge in [-0.15, -0.1) is 11.3 Å². The number of amides is 2. The van der Waals surface area contributed by atoms with Crippen molar-refractivity contribution in [3.8, 4) is 0 Å². The lowest BCUT2D eigenvalue weighted by molar-refractivity contribution is -0.116. The highest BCUT2D eigenvalue weighted by molar-refractivity contribution is 9.10. The SMILES string of the molecule is C[C@H](Br)C(=O)Nc1ccc2nc(SCC(=O)N3CCc4ccccc43)sc2c1. The van der Waals surface area contributed by atoms with E-state index in [4.69, 9.17) is 0 Å². The number of halogens is 1. The zero-order valence-electron chi connectivity index (χ0n) is 15.1. The van der Waals surface area contributed by atoms with Gasteiger partial charge in [-0.3, -0.25) is 9.59 Å². The number of carbonyl (C=O) groups excluding carboxylic acids is 2. The summed E-state index contributed by atoms with van der Waals surface area (Å²) in [5, 5.41) is 2.86. The molecule has 0 bridgehead atoms. The predicted octanol–water partition coefficient (Wildman–Crippen LogP) is 4.70. The van der Waals surface area contributed by atoms with E-state index < -0.39 is 0 Å². The molecule has 28 heavy (non-hydrogen) atoms. The van der Waals surface area contributed by atoms with Crippen LogP contribution in [0.3, 0.4) is 0 Å². The van der Waals surface area contributed by atoms with Gasteiger partial charge in [-0.2, -0.15) is 0 Å². The standard InChI is InChI=1S/C20H18BrN3O2S2/c1-12(21)19(26)22-14-6-7-15-17(10-14)28-20(23-15)27-11-18(25)24-9-8-13-4-2-3-5-16(13)24/h2-7,10,12H,8-9,11H2,1H3,(H,22,26)/t12-/m0/s1. The van der Waals surface area contributed by atoms with E-state index in [1.165, 1.54) is 28.7 Å². The largest absolute Gasteiger partial charge is 0.325 e. The number of alkyl halides is 1. The molecule has 4 rings (SSSR count). The number of benzene rings is 2. The van der Waals surface area contributed by atoms with Crippen molar-refractivity contribution in [2.24, 2.45) is 0 Å². The average Bonchev–Trinajstić information content (AvgIpc) is 3.29. The van der Waals surface area contributed by atoms with E-state index in [2.05, 4.69) is 32.3 Å². The second-order valence-electron chi connectivity index (χ2n) is 6.48. The van der Waals surface area contributed by atoms with E-state index in [1.54, 1.807) is 6.92 Å². The summed E-state index contributed by atoms with van der Waals surface area (Å²) in [6, 6.07) is 13.7. The quantitative estimate of drug-likeness (QED) is 0.429.